The minimum absolute atomic E-state index is 0.183. The molecule has 11 heavy (non-hydrogen) atoms. The molecule has 0 unspecified atom stereocenters. The highest BCUT2D eigenvalue weighted by molar-refractivity contribution is 6.32. The van der Waals surface area contributed by atoms with Gasteiger partial charge >= 0.3 is 5.97 Å². The van der Waals surface area contributed by atoms with Gasteiger partial charge in [0.05, 0.1) is 0 Å². The van der Waals surface area contributed by atoms with Crippen LogP contribution < -0.4 is 0 Å². The molecular weight excluding hydrogens is 144 g/mol. The van der Waals surface area contributed by atoms with Crippen molar-refractivity contribution in [1.82, 2.24) is 0 Å². The zero-order chi connectivity index (χ0) is 8.27. The third kappa shape index (κ3) is 2.18. The second-order valence-electron chi connectivity index (χ2n) is 2.74. The fraction of sp³-hybridized carbons (Fsp3) is 0.500. The van der Waals surface area contributed by atoms with Crippen LogP contribution in [0, 0.1) is 5.92 Å². The van der Waals surface area contributed by atoms with Gasteiger partial charge < -0.3 is 5.11 Å². The van der Waals surface area contributed by atoms with Crippen LogP contribution in [0.5, 0.6) is 0 Å². The van der Waals surface area contributed by atoms with Gasteiger partial charge in [0.25, 0.3) is 0 Å². The van der Waals surface area contributed by atoms with Crippen LogP contribution in [0.1, 0.15) is 19.3 Å². The Bertz CT molecular complexity index is 197. The molecule has 1 rings (SSSR count). The molecule has 0 saturated carbocycles. The van der Waals surface area contributed by atoms with Crippen LogP contribution in [0.25, 0.3) is 0 Å². The fourth-order valence-electron chi connectivity index (χ4n) is 1.19. The minimum atomic E-state index is -1.31. The van der Waals surface area contributed by atoms with Crippen LogP contribution in [0.2, 0.25) is 0 Å². The van der Waals surface area contributed by atoms with E-state index in [0.717, 1.165) is 12.8 Å². The number of hydrogen-bond acceptors (Lipinski definition) is 2. The van der Waals surface area contributed by atoms with Crippen LogP contribution >= 0.6 is 0 Å². The van der Waals surface area contributed by atoms with Crippen molar-refractivity contribution in [3.05, 3.63) is 12.2 Å². The Balaban J connectivity index is 2.31. The van der Waals surface area contributed by atoms with E-state index in [4.69, 9.17) is 5.11 Å². The molecule has 0 heterocycles. The van der Waals surface area contributed by atoms with Gasteiger partial charge in [-0.25, -0.2) is 4.79 Å². The molecule has 0 aromatic carbocycles. The van der Waals surface area contributed by atoms with Crippen molar-refractivity contribution in [3.63, 3.8) is 0 Å². The van der Waals surface area contributed by atoms with Gasteiger partial charge in [-0.2, -0.15) is 0 Å². The maximum Gasteiger partial charge on any atom is 0.372 e. The normalized spacial score (nSPS) is 17.1. The molecule has 0 saturated heterocycles. The smallest absolute Gasteiger partial charge is 0.372 e. The first-order chi connectivity index (χ1) is 5.20. The van der Waals surface area contributed by atoms with E-state index in [1.54, 1.807) is 0 Å². The third-order valence-electron chi connectivity index (χ3n) is 1.82. The summed E-state index contributed by atoms with van der Waals surface area (Å²) in [5.41, 5.74) is 0. The van der Waals surface area contributed by atoms with Crippen molar-refractivity contribution in [2.75, 3.05) is 0 Å². The van der Waals surface area contributed by atoms with E-state index in [1.165, 1.54) is 0 Å². The molecule has 0 fully saturated rings. The summed E-state index contributed by atoms with van der Waals surface area (Å²) in [6.07, 6.45) is 5.85. The van der Waals surface area contributed by atoms with Crippen molar-refractivity contribution in [3.8, 4) is 0 Å². The summed E-state index contributed by atoms with van der Waals surface area (Å²) in [7, 11) is 0. The topological polar surface area (TPSA) is 54.4 Å². The third-order valence-corrected chi connectivity index (χ3v) is 1.82. The van der Waals surface area contributed by atoms with Gasteiger partial charge in [-0.3, -0.25) is 4.79 Å². The van der Waals surface area contributed by atoms with Gasteiger partial charge in [0.1, 0.15) is 0 Å². The van der Waals surface area contributed by atoms with Gasteiger partial charge in [-0.05, 0) is 18.8 Å². The van der Waals surface area contributed by atoms with E-state index >= 15 is 0 Å². The first kappa shape index (κ1) is 7.98. The molecule has 3 nitrogen and oxygen atoms in total. The summed E-state index contributed by atoms with van der Waals surface area (Å²) in [6.45, 7) is 0. The zero-order valence-corrected chi connectivity index (χ0v) is 6.12. The number of rotatable bonds is 3. The van der Waals surface area contributed by atoms with Gasteiger partial charge in [0.2, 0.25) is 5.78 Å². The van der Waals surface area contributed by atoms with Crippen LogP contribution in [0.15, 0.2) is 12.2 Å². The Hall–Kier alpha value is -1.12. The molecule has 1 aliphatic carbocycles. The molecule has 0 aromatic heterocycles. The number of ketones is 1. The molecule has 0 aromatic rings. The minimum Gasteiger partial charge on any atom is -0.476 e. The summed E-state index contributed by atoms with van der Waals surface area (Å²) in [5, 5.41) is 8.27. The number of aliphatic carboxylic acids is 1. The van der Waals surface area contributed by atoms with E-state index in [0.29, 0.717) is 0 Å². The second-order valence-corrected chi connectivity index (χ2v) is 2.74. The van der Waals surface area contributed by atoms with Gasteiger partial charge in [-0.15, -0.1) is 0 Å². The molecule has 60 valence electrons. The highest BCUT2D eigenvalue weighted by Crippen LogP contribution is 2.21. The van der Waals surface area contributed by atoms with Crippen LogP contribution in [0.3, 0.4) is 0 Å². The number of carboxylic acid groups (broad SMARTS) is 1. The summed E-state index contributed by atoms with van der Waals surface area (Å²) in [4.78, 5) is 20.8. The lowest BCUT2D eigenvalue weighted by molar-refractivity contribution is -0.149. The van der Waals surface area contributed by atoms with Crippen LogP contribution in [-0.2, 0) is 9.59 Å². The molecule has 1 N–H and O–H groups in total. The van der Waals surface area contributed by atoms with E-state index in [-0.39, 0.29) is 12.3 Å². The van der Waals surface area contributed by atoms with E-state index in [9.17, 15) is 9.59 Å². The Morgan fingerprint density at radius 1 is 1.36 bits per heavy atom. The standard InChI is InChI=1S/C8H10O3/c9-7(8(10)11)5-6-3-1-2-4-6/h1-2,6H,3-5H2,(H,10,11). The fourth-order valence-corrected chi connectivity index (χ4v) is 1.19. The Labute approximate surface area is 64.7 Å². The lowest BCUT2D eigenvalue weighted by Crippen LogP contribution is -2.15. The van der Waals surface area contributed by atoms with E-state index in [1.807, 2.05) is 12.2 Å². The maximum absolute atomic E-state index is 10.7. The zero-order valence-electron chi connectivity index (χ0n) is 6.12. The highest BCUT2D eigenvalue weighted by Gasteiger charge is 2.19. The van der Waals surface area contributed by atoms with Crippen molar-refractivity contribution in [2.24, 2.45) is 5.92 Å². The number of carbonyl (C=O) groups excluding carboxylic acids is 1. The Kier molecular flexibility index (Phi) is 2.41. The summed E-state index contributed by atoms with van der Waals surface area (Å²) >= 11 is 0. The van der Waals surface area contributed by atoms with Crippen LogP contribution in [0.4, 0.5) is 0 Å². The first-order valence-electron chi connectivity index (χ1n) is 3.61. The summed E-state index contributed by atoms with van der Waals surface area (Å²) in [6, 6.07) is 0. The number of hydrogen-bond donors (Lipinski definition) is 1. The quantitative estimate of drug-likeness (QED) is 0.487. The Morgan fingerprint density at radius 3 is 2.36 bits per heavy atom. The average Bonchev–Trinajstić information content (AvgIpc) is 2.39. The van der Waals surface area contributed by atoms with Crippen LogP contribution in [-0.4, -0.2) is 16.9 Å². The molecule has 0 aliphatic heterocycles. The largest absolute Gasteiger partial charge is 0.476 e. The number of carbonyl (C=O) groups is 2. The summed E-state index contributed by atoms with van der Waals surface area (Å²) < 4.78 is 0. The van der Waals surface area contributed by atoms with Gasteiger partial charge in [0.15, 0.2) is 0 Å². The number of allylic oxidation sites excluding steroid dienone is 2. The van der Waals surface area contributed by atoms with Gasteiger partial charge in [0, 0.05) is 6.42 Å². The van der Waals surface area contributed by atoms with Crippen molar-refractivity contribution in [2.45, 2.75) is 19.3 Å². The van der Waals surface area contributed by atoms with E-state index in [2.05, 4.69) is 0 Å². The summed E-state index contributed by atoms with van der Waals surface area (Å²) in [5.74, 6) is -1.74. The van der Waals surface area contributed by atoms with E-state index < -0.39 is 11.8 Å². The molecule has 0 amide bonds. The van der Waals surface area contributed by atoms with Crippen molar-refractivity contribution in [1.29, 1.82) is 0 Å². The Morgan fingerprint density at radius 2 is 1.91 bits per heavy atom. The number of carboxylic acids is 1. The first-order valence-corrected chi connectivity index (χ1v) is 3.61. The lowest BCUT2D eigenvalue weighted by Gasteiger charge is -2.03. The monoisotopic (exact) mass is 154 g/mol. The SMILES string of the molecule is O=C(O)C(=O)CC1CC=CC1. The highest BCUT2D eigenvalue weighted by atomic mass is 16.4. The maximum atomic E-state index is 10.7. The molecular formula is C8H10O3. The second kappa shape index (κ2) is 3.32. The molecule has 0 atom stereocenters. The predicted molar refractivity (Wildman–Crippen MR) is 39.1 cm³/mol. The lowest BCUT2D eigenvalue weighted by atomic mass is 10.0. The van der Waals surface area contributed by atoms with Crippen molar-refractivity contribution >= 4 is 11.8 Å². The predicted octanol–water partition coefficient (Wildman–Crippen LogP) is 0.996. The molecule has 0 spiro atoms. The molecule has 3 heteroatoms. The average molecular weight is 154 g/mol. The number of Topliss-reactive ketones (excluding diaryl/α,β-unsaturated/α-hetero) is 1. The molecule has 0 radical (unpaired) electrons. The molecule has 0 bridgehead atoms. The van der Waals surface area contributed by atoms with Crippen molar-refractivity contribution < 1.29 is 14.7 Å². The van der Waals surface area contributed by atoms with Gasteiger partial charge in [-0.1, -0.05) is 12.2 Å². The molecule has 1 aliphatic rings.